The van der Waals surface area contributed by atoms with Gasteiger partial charge in [0.25, 0.3) is 5.17 Å². The Morgan fingerprint density at radius 2 is 1.96 bits per heavy atom. The van der Waals surface area contributed by atoms with Crippen LogP contribution >= 0.6 is 34.8 Å². The van der Waals surface area contributed by atoms with E-state index in [1.807, 2.05) is 38.1 Å². The van der Waals surface area contributed by atoms with Gasteiger partial charge in [0.2, 0.25) is 0 Å². The molecule has 0 atom stereocenters. The van der Waals surface area contributed by atoms with Gasteiger partial charge in [0.1, 0.15) is 12.4 Å². The van der Waals surface area contributed by atoms with Crippen LogP contribution in [0.2, 0.25) is 0 Å². The van der Waals surface area contributed by atoms with Crippen molar-refractivity contribution in [2.75, 3.05) is 12.2 Å². The van der Waals surface area contributed by atoms with Crippen LogP contribution in [0.1, 0.15) is 16.7 Å². The molecule has 122 valence electrons. The lowest BCUT2D eigenvalue weighted by molar-refractivity contribution is 0.264. The molecule has 0 unspecified atom stereocenters. The molecule has 0 aromatic heterocycles. The fraction of sp³-hybridized carbons (Fsp3) is 0.235. The maximum Gasteiger partial charge on any atom is 0.288 e. The first-order valence-corrected chi connectivity index (χ1v) is 8.46. The molecule has 6 heteroatoms. The van der Waals surface area contributed by atoms with Crippen molar-refractivity contribution in [2.45, 2.75) is 20.5 Å². The Balaban J connectivity index is 2.24. The van der Waals surface area contributed by atoms with E-state index in [4.69, 9.17) is 21.7 Å². The van der Waals surface area contributed by atoms with Crippen LogP contribution in [-0.2, 0) is 11.3 Å². The maximum absolute atomic E-state index is 10.2. The van der Waals surface area contributed by atoms with Gasteiger partial charge in [-0.3, -0.25) is 5.21 Å². The zero-order valence-electron chi connectivity index (χ0n) is 13.2. The van der Waals surface area contributed by atoms with Crippen molar-refractivity contribution < 1.29 is 14.7 Å². The summed E-state index contributed by atoms with van der Waals surface area (Å²) in [5.74, 6) is 0.819. The Morgan fingerprint density at radius 1 is 1.22 bits per heavy atom. The Kier molecular flexibility index (Phi) is 6.20. The fourth-order valence-electron chi connectivity index (χ4n) is 2.18. The number of thiocarbonyl (C=S) groups is 1. The van der Waals surface area contributed by atoms with Gasteiger partial charge in [-0.1, -0.05) is 17.7 Å². The normalized spacial score (nSPS) is 10.3. The standard InChI is InChI=1S/C17H18INO3S/c1-11-4-7-16(12(2)8-11)22-10-13-9-14(18)5-6-15(13)19(20)17(23)21-3/h4-9,20H,10H2,1-3H3. The lowest BCUT2D eigenvalue weighted by Gasteiger charge is -2.20. The van der Waals surface area contributed by atoms with E-state index in [2.05, 4.69) is 28.7 Å². The molecule has 2 aromatic carbocycles. The van der Waals surface area contributed by atoms with E-state index >= 15 is 0 Å². The fourth-order valence-corrected chi connectivity index (χ4v) is 2.83. The van der Waals surface area contributed by atoms with Gasteiger partial charge in [-0.25, -0.2) is 0 Å². The minimum Gasteiger partial charge on any atom is -0.489 e. The van der Waals surface area contributed by atoms with Gasteiger partial charge in [-0.15, -0.1) is 0 Å². The Morgan fingerprint density at radius 3 is 2.61 bits per heavy atom. The quantitative estimate of drug-likeness (QED) is 0.425. The number of rotatable bonds is 4. The lowest BCUT2D eigenvalue weighted by atomic mass is 10.1. The highest BCUT2D eigenvalue weighted by atomic mass is 127. The molecular formula is C17H18INO3S. The molecule has 0 amide bonds. The largest absolute Gasteiger partial charge is 0.489 e. The zero-order valence-corrected chi connectivity index (χ0v) is 16.1. The molecule has 2 aromatic rings. The molecule has 0 spiro atoms. The molecule has 0 aliphatic carbocycles. The van der Waals surface area contributed by atoms with Gasteiger partial charge in [-0.05, 0) is 78.5 Å². The van der Waals surface area contributed by atoms with Crippen molar-refractivity contribution in [1.29, 1.82) is 0 Å². The third kappa shape index (κ3) is 4.55. The average Bonchev–Trinajstić information content (AvgIpc) is 2.52. The van der Waals surface area contributed by atoms with Gasteiger partial charge in [-0.2, -0.15) is 5.06 Å². The summed E-state index contributed by atoms with van der Waals surface area (Å²) in [5.41, 5.74) is 3.63. The predicted molar refractivity (Wildman–Crippen MR) is 103 cm³/mol. The van der Waals surface area contributed by atoms with Crippen LogP contribution in [0.3, 0.4) is 0 Å². The van der Waals surface area contributed by atoms with Crippen LogP contribution in [0.15, 0.2) is 36.4 Å². The van der Waals surface area contributed by atoms with Gasteiger partial charge in [0.15, 0.2) is 0 Å². The molecule has 0 radical (unpaired) electrons. The number of methoxy groups -OCH3 is 1. The Bertz CT molecular complexity index is 721. The van der Waals surface area contributed by atoms with Crippen LogP contribution in [0.4, 0.5) is 5.69 Å². The monoisotopic (exact) mass is 443 g/mol. The maximum atomic E-state index is 10.2. The van der Waals surface area contributed by atoms with E-state index in [1.54, 1.807) is 6.07 Å². The number of nitrogens with zero attached hydrogens (tertiary/aromatic N) is 1. The van der Waals surface area contributed by atoms with E-state index in [-0.39, 0.29) is 5.17 Å². The van der Waals surface area contributed by atoms with Crippen molar-refractivity contribution in [3.05, 3.63) is 56.7 Å². The number of hydrogen-bond donors (Lipinski definition) is 1. The number of halogens is 1. The van der Waals surface area contributed by atoms with Crippen LogP contribution in [0, 0.1) is 17.4 Å². The first kappa shape index (κ1) is 18.0. The van der Waals surface area contributed by atoms with Crippen LogP contribution in [0.25, 0.3) is 0 Å². The summed E-state index contributed by atoms with van der Waals surface area (Å²) in [7, 11) is 1.42. The van der Waals surface area contributed by atoms with Crippen molar-refractivity contribution in [3.8, 4) is 5.75 Å². The average molecular weight is 443 g/mol. The van der Waals surface area contributed by atoms with Crippen molar-refractivity contribution >= 4 is 45.7 Å². The van der Waals surface area contributed by atoms with Crippen molar-refractivity contribution in [2.24, 2.45) is 0 Å². The van der Waals surface area contributed by atoms with E-state index < -0.39 is 0 Å². The second kappa shape index (κ2) is 7.94. The minimum atomic E-state index is -0.0148. The summed E-state index contributed by atoms with van der Waals surface area (Å²) in [6.45, 7) is 4.37. The number of anilines is 1. The van der Waals surface area contributed by atoms with Crippen LogP contribution in [-0.4, -0.2) is 17.5 Å². The van der Waals surface area contributed by atoms with Gasteiger partial charge >= 0.3 is 0 Å². The second-order valence-electron chi connectivity index (χ2n) is 5.11. The molecule has 1 N–H and O–H groups in total. The first-order valence-electron chi connectivity index (χ1n) is 6.98. The Hall–Kier alpha value is -1.38. The number of hydroxylamine groups is 1. The molecule has 2 rings (SSSR count). The molecule has 0 aliphatic heterocycles. The minimum absolute atomic E-state index is 0.0148. The van der Waals surface area contributed by atoms with E-state index in [0.29, 0.717) is 12.3 Å². The topological polar surface area (TPSA) is 41.9 Å². The molecule has 0 fully saturated rings. The Labute approximate surface area is 155 Å². The zero-order chi connectivity index (χ0) is 17.0. The number of ether oxygens (including phenoxy) is 2. The van der Waals surface area contributed by atoms with Crippen molar-refractivity contribution in [3.63, 3.8) is 0 Å². The van der Waals surface area contributed by atoms with Gasteiger partial charge < -0.3 is 9.47 Å². The van der Waals surface area contributed by atoms with Crippen LogP contribution < -0.4 is 9.80 Å². The highest BCUT2D eigenvalue weighted by Gasteiger charge is 2.15. The van der Waals surface area contributed by atoms with E-state index in [0.717, 1.165) is 25.5 Å². The smallest absolute Gasteiger partial charge is 0.288 e. The first-order chi connectivity index (χ1) is 10.9. The molecule has 23 heavy (non-hydrogen) atoms. The summed E-state index contributed by atoms with van der Waals surface area (Å²) in [5, 5.41) is 11.0. The third-order valence-corrected chi connectivity index (χ3v) is 4.34. The van der Waals surface area contributed by atoms with E-state index in [9.17, 15) is 5.21 Å². The molecular weight excluding hydrogens is 425 g/mol. The van der Waals surface area contributed by atoms with Gasteiger partial charge in [0.05, 0.1) is 12.8 Å². The predicted octanol–water partition coefficient (Wildman–Crippen LogP) is 4.61. The highest BCUT2D eigenvalue weighted by Crippen LogP contribution is 2.26. The molecule has 0 heterocycles. The summed E-state index contributed by atoms with van der Waals surface area (Å²) < 4.78 is 11.9. The second-order valence-corrected chi connectivity index (χ2v) is 6.71. The molecule has 0 bridgehead atoms. The number of hydrogen-bond acceptors (Lipinski definition) is 4. The summed E-state index contributed by atoms with van der Waals surface area (Å²) in [6.07, 6.45) is 0. The SMILES string of the molecule is COC(=S)N(O)c1ccc(I)cc1COc1ccc(C)cc1C. The number of aryl methyl sites for hydroxylation is 2. The molecule has 4 nitrogen and oxygen atoms in total. The summed E-state index contributed by atoms with van der Waals surface area (Å²) in [4.78, 5) is 0. The lowest BCUT2D eigenvalue weighted by Crippen LogP contribution is -2.27. The molecule has 0 saturated heterocycles. The molecule has 0 saturated carbocycles. The van der Waals surface area contributed by atoms with Gasteiger partial charge in [0, 0.05) is 9.13 Å². The third-order valence-electron chi connectivity index (χ3n) is 3.33. The number of benzene rings is 2. The molecule has 0 aliphatic rings. The van der Waals surface area contributed by atoms with E-state index in [1.165, 1.54) is 12.7 Å². The summed E-state index contributed by atoms with van der Waals surface area (Å²) >= 11 is 7.19. The van der Waals surface area contributed by atoms with Crippen LogP contribution in [0.5, 0.6) is 5.75 Å². The highest BCUT2D eigenvalue weighted by molar-refractivity contribution is 14.1. The van der Waals surface area contributed by atoms with Crippen molar-refractivity contribution in [1.82, 2.24) is 0 Å². The summed E-state index contributed by atoms with van der Waals surface area (Å²) in [6, 6.07) is 11.7.